The molecule has 2 heterocycles. The summed E-state index contributed by atoms with van der Waals surface area (Å²) in [6.45, 7) is 1.05. The highest BCUT2D eigenvalue weighted by Gasteiger charge is 2.51. The van der Waals surface area contributed by atoms with Crippen molar-refractivity contribution in [2.75, 3.05) is 13.2 Å². The summed E-state index contributed by atoms with van der Waals surface area (Å²) >= 11 is 0. The molecule has 0 bridgehead atoms. The molecule has 7 N–H and O–H groups in total. The molecule has 2 aliphatic carbocycles. The first-order chi connectivity index (χ1) is 18.3. The Labute approximate surface area is 224 Å². The molecule has 2 saturated heterocycles. The first kappa shape index (κ1) is 30.5. The van der Waals surface area contributed by atoms with Crippen LogP contribution in [-0.4, -0.2) is 116 Å². The van der Waals surface area contributed by atoms with Gasteiger partial charge in [0.25, 0.3) is 0 Å². The van der Waals surface area contributed by atoms with Crippen LogP contribution in [-0.2, 0) is 18.9 Å². The standard InChI is InChI=1S/C27H48O11/c1-2-3-14-4-6-15(7-5-14)16-8-10-17(11-9-16)35-26-24(34)22(32)25(19(13-29)37-26)38-27-23(33)21(31)20(30)18(12-28)36-27/h14-34H,2-13H2,1H3/t14?,15?,16?,17?,18-,19-,20-,21+,22-,23-,24-,25-,26-,27-/m1/s1. The smallest absolute Gasteiger partial charge is 0.187 e. The van der Waals surface area contributed by atoms with Gasteiger partial charge >= 0.3 is 0 Å². The molecular formula is C27H48O11. The van der Waals surface area contributed by atoms with Crippen molar-refractivity contribution >= 4 is 0 Å². The van der Waals surface area contributed by atoms with E-state index in [4.69, 9.17) is 18.9 Å². The quantitative estimate of drug-likeness (QED) is 0.203. The van der Waals surface area contributed by atoms with Crippen molar-refractivity contribution in [2.45, 2.75) is 139 Å². The predicted octanol–water partition coefficient (Wildman–Crippen LogP) is -0.208. The Morgan fingerprint density at radius 2 is 1.13 bits per heavy atom. The molecule has 4 aliphatic rings. The number of hydrogen-bond donors (Lipinski definition) is 7. The lowest BCUT2D eigenvalue weighted by Crippen LogP contribution is -2.65. The van der Waals surface area contributed by atoms with E-state index in [1.165, 1.54) is 38.5 Å². The number of ether oxygens (including phenoxy) is 4. The fourth-order valence-electron chi connectivity index (χ4n) is 6.91. The lowest BCUT2D eigenvalue weighted by atomic mass is 9.70. The molecule has 11 heteroatoms. The third-order valence-corrected chi connectivity index (χ3v) is 9.26. The first-order valence-electron chi connectivity index (χ1n) is 14.5. The zero-order chi connectivity index (χ0) is 27.4. The van der Waals surface area contributed by atoms with Crippen LogP contribution in [0.15, 0.2) is 0 Å². The lowest BCUT2D eigenvalue weighted by Gasteiger charge is -2.46. The van der Waals surface area contributed by atoms with Gasteiger partial charge in [-0.1, -0.05) is 32.6 Å². The summed E-state index contributed by atoms with van der Waals surface area (Å²) in [7, 11) is 0. The summed E-state index contributed by atoms with van der Waals surface area (Å²) in [4.78, 5) is 0. The highest BCUT2D eigenvalue weighted by molar-refractivity contribution is 4.94. The summed E-state index contributed by atoms with van der Waals surface area (Å²) in [5.74, 6) is 2.36. The maximum absolute atomic E-state index is 10.8. The maximum atomic E-state index is 10.8. The Morgan fingerprint density at radius 1 is 0.605 bits per heavy atom. The lowest BCUT2D eigenvalue weighted by molar-refractivity contribution is -0.363. The molecule has 4 fully saturated rings. The van der Waals surface area contributed by atoms with Gasteiger partial charge in [0.15, 0.2) is 12.6 Å². The molecule has 2 aliphatic heterocycles. The highest BCUT2D eigenvalue weighted by Crippen LogP contribution is 2.42. The molecule has 222 valence electrons. The molecule has 0 aromatic heterocycles. The summed E-state index contributed by atoms with van der Waals surface area (Å²) < 4.78 is 22.8. The van der Waals surface area contributed by atoms with E-state index in [9.17, 15) is 35.7 Å². The van der Waals surface area contributed by atoms with Crippen LogP contribution in [0.2, 0.25) is 0 Å². The van der Waals surface area contributed by atoms with Gasteiger partial charge in [-0.3, -0.25) is 0 Å². The second-order valence-electron chi connectivity index (χ2n) is 11.7. The van der Waals surface area contributed by atoms with Gasteiger partial charge in [-0.05, 0) is 56.3 Å². The van der Waals surface area contributed by atoms with Crippen LogP contribution in [0.4, 0.5) is 0 Å². The van der Waals surface area contributed by atoms with Gasteiger partial charge in [0, 0.05) is 0 Å². The molecular weight excluding hydrogens is 500 g/mol. The predicted molar refractivity (Wildman–Crippen MR) is 134 cm³/mol. The average Bonchev–Trinajstić information content (AvgIpc) is 2.93. The Hall–Kier alpha value is -0.440. The molecule has 38 heavy (non-hydrogen) atoms. The molecule has 4 rings (SSSR count). The van der Waals surface area contributed by atoms with Gasteiger partial charge in [0.05, 0.1) is 19.3 Å². The van der Waals surface area contributed by atoms with Crippen molar-refractivity contribution in [3.63, 3.8) is 0 Å². The number of rotatable bonds is 9. The van der Waals surface area contributed by atoms with Gasteiger partial charge in [0.2, 0.25) is 0 Å². The van der Waals surface area contributed by atoms with E-state index in [-0.39, 0.29) is 6.10 Å². The molecule has 0 radical (unpaired) electrons. The third kappa shape index (κ3) is 6.88. The second kappa shape index (κ2) is 14.0. The zero-order valence-corrected chi connectivity index (χ0v) is 22.3. The Morgan fingerprint density at radius 3 is 1.71 bits per heavy atom. The summed E-state index contributed by atoms with van der Waals surface area (Å²) in [5, 5.41) is 71.2. The van der Waals surface area contributed by atoms with Gasteiger partial charge in [0.1, 0.15) is 48.8 Å². The van der Waals surface area contributed by atoms with Crippen LogP contribution < -0.4 is 0 Å². The van der Waals surface area contributed by atoms with Gasteiger partial charge in [-0.2, -0.15) is 0 Å². The maximum Gasteiger partial charge on any atom is 0.187 e. The van der Waals surface area contributed by atoms with E-state index in [0.29, 0.717) is 5.92 Å². The van der Waals surface area contributed by atoms with Crippen LogP contribution in [0.3, 0.4) is 0 Å². The molecule has 0 spiro atoms. The van der Waals surface area contributed by atoms with E-state index in [1.54, 1.807) is 0 Å². The summed E-state index contributed by atoms with van der Waals surface area (Å²) in [6.07, 6.45) is -2.71. The minimum Gasteiger partial charge on any atom is -0.394 e. The van der Waals surface area contributed by atoms with Crippen LogP contribution in [0.5, 0.6) is 0 Å². The first-order valence-corrected chi connectivity index (χ1v) is 14.5. The average molecular weight is 549 g/mol. The van der Waals surface area contributed by atoms with Gasteiger partial charge in [-0.15, -0.1) is 0 Å². The van der Waals surface area contributed by atoms with Gasteiger partial charge in [-0.25, -0.2) is 0 Å². The molecule has 11 nitrogen and oxygen atoms in total. The zero-order valence-electron chi connectivity index (χ0n) is 22.3. The van der Waals surface area contributed by atoms with Crippen LogP contribution in [0.1, 0.15) is 71.1 Å². The number of aliphatic hydroxyl groups excluding tert-OH is 7. The van der Waals surface area contributed by atoms with E-state index < -0.39 is 74.6 Å². The van der Waals surface area contributed by atoms with Crippen LogP contribution in [0, 0.1) is 17.8 Å². The molecule has 0 aromatic carbocycles. The number of hydrogen-bond acceptors (Lipinski definition) is 11. The molecule has 10 atom stereocenters. The highest BCUT2D eigenvalue weighted by atomic mass is 16.7. The fourth-order valence-corrected chi connectivity index (χ4v) is 6.91. The Kier molecular flexibility index (Phi) is 11.2. The minimum atomic E-state index is -1.69. The molecule has 2 saturated carbocycles. The largest absolute Gasteiger partial charge is 0.394 e. The van der Waals surface area contributed by atoms with Crippen molar-refractivity contribution in [2.24, 2.45) is 17.8 Å². The topological polar surface area (TPSA) is 179 Å². The van der Waals surface area contributed by atoms with Crippen molar-refractivity contribution in [1.82, 2.24) is 0 Å². The van der Waals surface area contributed by atoms with Gasteiger partial charge < -0.3 is 54.7 Å². The Bertz CT molecular complexity index is 693. The SMILES string of the molecule is CCCC1CCC(C2CCC(O[C@@H]3O[C@H](CO)[C@@H](O[C@H]4O[C@H](CO)[C@@H](O)[C@H](O)[C@H]4O)[C@H](O)[C@H]3O)CC2)CC1. The van der Waals surface area contributed by atoms with E-state index in [2.05, 4.69) is 6.92 Å². The van der Waals surface area contributed by atoms with Crippen molar-refractivity contribution in [1.29, 1.82) is 0 Å². The minimum absolute atomic E-state index is 0.128. The van der Waals surface area contributed by atoms with Crippen LogP contribution >= 0.6 is 0 Å². The van der Waals surface area contributed by atoms with Crippen molar-refractivity contribution in [3.8, 4) is 0 Å². The Balaban J connectivity index is 1.28. The van der Waals surface area contributed by atoms with E-state index >= 15 is 0 Å². The second-order valence-corrected chi connectivity index (χ2v) is 11.7. The fraction of sp³-hybridized carbons (Fsp3) is 1.00. The normalized spacial score (nSPS) is 48.6. The summed E-state index contributed by atoms with van der Waals surface area (Å²) in [6, 6.07) is 0. The van der Waals surface area contributed by atoms with Crippen molar-refractivity contribution < 1.29 is 54.7 Å². The van der Waals surface area contributed by atoms with Crippen molar-refractivity contribution in [3.05, 3.63) is 0 Å². The van der Waals surface area contributed by atoms with E-state index in [1.807, 2.05) is 0 Å². The molecule has 0 aromatic rings. The molecule has 0 amide bonds. The van der Waals surface area contributed by atoms with Crippen LogP contribution in [0.25, 0.3) is 0 Å². The molecule has 0 unspecified atom stereocenters. The summed E-state index contributed by atoms with van der Waals surface area (Å²) in [5.41, 5.74) is 0. The number of aliphatic hydroxyl groups is 7. The van der Waals surface area contributed by atoms with E-state index in [0.717, 1.165) is 37.5 Å². The monoisotopic (exact) mass is 548 g/mol. The third-order valence-electron chi connectivity index (χ3n) is 9.26.